The van der Waals surface area contributed by atoms with Crippen LogP contribution < -0.4 is 11.1 Å². The van der Waals surface area contributed by atoms with Crippen molar-refractivity contribution in [2.75, 3.05) is 18.8 Å². The van der Waals surface area contributed by atoms with Gasteiger partial charge in [-0.3, -0.25) is 4.99 Å². The average Bonchev–Trinajstić information content (AvgIpc) is 2.99. The standard InChI is InChI=1S/C12H12BrN5/c13-8-1-3-9(4-2-8)18-11(14)10(7-17-18)12-15-5-6-16-12/h1-4,7H,5-6,14H2,(H,15,16). The summed E-state index contributed by atoms with van der Waals surface area (Å²) in [5, 5.41) is 7.51. The van der Waals surface area contributed by atoms with E-state index in [1.54, 1.807) is 10.9 Å². The quantitative estimate of drug-likeness (QED) is 0.885. The van der Waals surface area contributed by atoms with Gasteiger partial charge in [-0.1, -0.05) is 15.9 Å². The van der Waals surface area contributed by atoms with Gasteiger partial charge in [-0.05, 0) is 24.3 Å². The van der Waals surface area contributed by atoms with Gasteiger partial charge in [-0.15, -0.1) is 0 Å². The first kappa shape index (κ1) is 11.3. The number of nitrogens with one attached hydrogen (secondary N) is 1. The maximum Gasteiger partial charge on any atom is 0.138 e. The number of nitrogens with two attached hydrogens (primary N) is 1. The highest BCUT2D eigenvalue weighted by Crippen LogP contribution is 2.19. The molecule has 0 aliphatic carbocycles. The second-order valence-corrected chi connectivity index (χ2v) is 4.90. The van der Waals surface area contributed by atoms with Crippen molar-refractivity contribution in [3.8, 4) is 5.69 Å². The summed E-state index contributed by atoms with van der Waals surface area (Å²) in [6.07, 6.45) is 1.74. The van der Waals surface area contributed by atoms with Crippen molar-refractivity contribution in [3.05, 3.63) is 40.5 Å². The van der Waals surface area contributed by atoms with Crippen LogP contribution in [0.1, 0.15) is 5.56 Å². The Hall–Kier alpha value is -1.82. The van der Waals surface area contributed by atoms with Crippen molar-refractivity contribution < 1.29 is 0 Å². The summed E-state index contributed by atoms with van der Waals surface area (Å²) in [5.41, 5.74) is 7.91. The highest BCUT2D eigenvalue weighted by atomic mass is 79.9. The molecule has 6 heteroatoms. The van der Waals surface area contributed by atoms with Gasteiger partial charge in [0, 0.05) is 11.0 Å². The molecule has 0 radical (unpaired) electrons. The maximum absolute atomic E-state index is 6.12. The molecule has 0 saturated heterocycles. The topological polar surface area (TPSA) is 68.2 Å². The molecule has 1 aliphatic heterocycles. The molecule has 0 bridgehead atoms. The van der Waals surface area contributed by atoms with Crippen molar-refractivity contribution in [2.45, 2.75) is 0 Å². The maximum atomic E-state index is 6.12. The van der Waals surface area contributed by atoms with E-state index in [0.717, 1.165) is 34.6 Å². The van der Waals surface area contributed by atoms with E-state index >= 15 is 0 Å². The fourth-order valence-electron chi connectivity index (χ4n) is 1.91. The fraction of sp³-hybridized carbons (Fsp3) is 0.167. The lowest BCUT2D eigenvalue weighted by molar-refractivity contribution is 0.891. The number of halogens is 1. The van der Waals surface area contributed by atoms with Crippen LogP contribution in [0.15, 0.2) is 39.9 Å². The Kier molecular flexibility index (Phi) is 2.79. The first-order valence-electron chi connectivity index (χ1n) is 5.64. The van der Waals surface area contributed by atoms with Gasteiger partial charge in [0.2, 0.25) is 0 Å². The summed E-state index contributed by atoms with van der Waals surface area (Å²) in [4.78, 5) is 4.35. The molecule has 0 atom stereocenters. The normalized spacial score (nSPS) is 14.4. The molecule has 0 amide bonds. The summed E-state index contributed by atoms with van der Waals surface area (Å²) in [5.74, 6) is 1.43. The minimum atomic E-state index is 0.602. The molecule has 1 aromatic carbocycles. The molecular formula is C12H12BrN5. The number of nitrogen functional groups attached to an aromatic ring is 1. The number of aromatic nitrogens is 2. The Bertz CT molecular complexity index is 599. The van der Waals surface area contributed by atoms with Crippen LogP contribution in [0.5, 0.6) is 0 Å². The summed E-state index contributed by atoms with van der Waals surface area (Å²) in [7, 11) is 0. The van der Waals surface area contributed by atoms with Crippen molar-refractivity contribution in [3.63, 3.8) is 0 Å². The molecule has 0 spiro atoms. The van der Waals surface area contributed by atoms with Crippen molar-refractivity contribution in [2.24, 2.45) is 4.99 Å². The third-order valence-corrected chi connectivity index (χ3v) is 3.34. The van der Waals surface area contributed by atoms with Crippen LogP contribution in [0.2, 0.25) is 0 Å². The van der Waals surface area contributed by atoms with E-state index < -0.39 is 0 Å². The molecule has 18 heavy (non-hydrogen) atoms. The molecule has 2 heterocycles. The second-order valence-electron chi connectivity index (χ2n) is 3.99. The van der Waals surface area contributed by atoms with E-state index in [1.807, 2.05) is 24.3 Å². The number of anilines is 1. The first-order valence-corrected chi connectivity index (χ1v) is 6.43. The van der Waals surface area contributed by atoms with Crippen LogP contribution in [0.4, 0.5) is 5.82 Å². The molecule has 1 aliphatic rings. The monoisotopic (exact) mass is 305 g/mol. The molecule has 92 valence electrons. The molecular weight excluding hydrogens is 294 g/mol. The fourth-order valence-corrected chi connectivity index (χ4v) is 2.17. The lowest BCUT2D eigenvalue weighted by Crippen LogP contribution is -2.20. The summed E-state index contributed by atoms with van der Waals surface area (Å²) < 4.78 is 2.74. The molecule has 3 N–H and O–H groups in total. The molecule has 2 aromatic rings. The Labute approximate surface area is 113 Å². The van der Waals surface area contributed by atoms with Crippen molar-refractivity contribution in [1.29, 1.82) is 0 Å². The highest BCUT2D eigenvalue weighted by molar-refractivity contribution is 9.10. The number of rotatable bonds is 2. The average molecular weight is 306 g/mol. The molecule has 1 aromatic heterocycles. The zero-order chi connectivity index (χ0) is 12.5. The number of benzene rings is 1. The van der Waals surface area contributed by atoms with E-state index in [1.165, 1.54) is 0 Å². The third-order valence-electron chi connectivity index (χ3n) is 2.81. The van der Waals surface area contributed by atoms with Crippen LogP contribution in [0.3, 0.4) is 0 Å². The number of nitrogens with zero attached hydrogens (tertiary/aromatic N) is 3. The highest BCUT2D eigenvalue weighted by Gasteiger charge is 2.16. The van der Waals surface area contributed by atoms with E-state index in [-0.39, 0.29) is 0 Å². The molecule has 0 fully saturated rings. The summed E-state index contributed by atoms with van der Waals surface area (Å²) in [6, 6.07) is 7.84. The van der Waals surface area contributed by atoms with Gasteiger partial charge in [0.05, 0.1) is 24.0 Å². The van der Waals surface area contributed by atoms with Crippen LogP contribution in [0, 0.1) is 0 Å². The van der Waals surface area contributed by atoms with E-state index in [0.29, 0.717) is 5.82 Å². The molecule has 0 saturated carbocycles. The van der Waals surface area contributed by atoms with Gasteiger partial charge in [0.15, 0.2) is 0 Å². The predicted octanol–water partition coefficient (Wildman–Crippen LogP) is 1.57. The van der Waals surface area contributed by atoms with Gasteiger partial charge in [-0.25, -0.2) is 4.68 Å². The van der Waals surface area contributed by atoms with Gasteiger partial charge >= 0.3 is 0 Å². The zero-order valence-corrected chi connectivity index (χ0v) is 11.2. The number of hydrogen-bond acceptors (Lipinski definition) is 4. The molecule has 3 rings (SSSR count). The minimum Gasteiger partial charge on any atom is -0.383 e. The van der Waals surface area contributed by atoms with Crippen molar-refractivity contribution in [1.82, 2.24) is 15.1 Å². The predicted molar refractivity (Wildman–Crippen MR) is 75.1 cm³/mol. The molecule has 5 nitrogen and oxygen atoms in total. The van der Waals surface area contributed by atoms with Crippen molar-refractivity contribution >= 4 is 27.6 Å². The second kappa shape index (κ2) is 4.45. The Balaban J connectivity index is 2.01. The van der Waals surface area contributed by atoms with Gasteiger partial charge in [0.1, 0.15) is 11.7 Å². The third kappa shape index (κ3) is 1.88. The van der Waals surface area contributed by atoms with Crippen LogP contribution >= 0.6 is 15.9 Å². The lowest BCUT2D eigenvalue weighted by atomic mass is 10.3. The van der Waals surface area contributed by atoms with Crippen LogP contribution in [0.25, 0.3) is 5.69 Å². The number of hydrogen-bond donors (Lipinski definition) is 2. The van der Waals surface area contributed by atoms with Gasteiger partial charge in [0.25, 0.3) is 0 Å². The van der Waals surface area contributed by atoms with Crippen LogP contribution in [-0.4, -0.2) is 28.7 Å². The summed E-state index contributed by atoms with van der Waals surface area (Å²) >= 11 is 3.41. The SMILES string of the molecule is Nc1c(C2=NCCN2)cnn1-c1ccc(Br)cc1. The Morgan fingerprint density at radius 2 is 2.06 bits per heavy atom. The van der Waals surface area contributed by atoms with Gasteiger partial charge in [-0.2, -0.15) is 5.10 Å². The molecule has 0 unspecified atom stereocenters. The largest absolute Gasteiger partial charge is 0.383 e. The minimum absolute atomic E-state index is 0.602. The Morgan fingerprint density at radius 3 is 2.72 bits per heavy atom. The smallest absolute Gasteiger partial charge is 0.138 e. The number of amidine groups is 1. The Morgan fingerprint density at radius 1 is 1.28 bits per heavy atom. The van der Waals surface area contributed by atoms with E-state index in [4.69, 9.17) is 5.73 Å². The van der Waals surface area contributed by atoms with E-state index in [2.05, 4.69) is 31.3 Å². The summed E-state index contributed by atoms with van der Waals surface area (Å²) in [6.45, 7) is 1.65. The van der Waals surface area contributed by atoms with Gasteiger partial charge < -0.3 is 11.1 Å². The lowest BCUT2D eigenvalue weighted by Gasteiger charge is -2.05. The zero-order valence-electron chi connectivity index (χ0n) is 9.60. The number of aliphatic imine (C=N–C) groups is 1. The van der Waals surface area contributed by atoms with E-state index in [9.17, 15) is 0 Å². The first-order chi connectivity index (χ1) is 8.75. The van der Waals surface area contributed by atoms with Crippen LogP contribution in [-0.2, 0) is 0 Å².